The third-order valence-corrected chi connectivity index (χ3v) is 4.67. The number of esters is 1. The summed E-state index contributed by atoms with van der Waals surface area (Å²) in [5, 5.41) is 30.8. The van der Waals surface area contributed by atoms with Gasteiger partial charge in [-0.05, 0) is 25.1 Å². The number of pyridine rings is 1. The lowest BCUT2D eigenvalue weighted by atomic mass is 10.0. The molecule has 0 bridgehead atoms. The molecule has 0 aliphatic heterocycles. The molecule has 2 heterocycles. The second-order valence-corrected chi connectivity index (χ2v) is 6.61. The molecule has 0 spiro atoms. The first-order valence-corrected chi connectivity index (χ1v) is 9.06. The van der Waals surface area contributed by atoms with Crippen molar-refractivity contribution in [1.29, 1.82) is 0 Å². The Morgan fingerprint density at radius 3 is 2.56 bits per heavy atom. The van der Waals surface area contributed by atoms with Crippen molar-refractivity contribution in [2.75, 3.05) is 6.61 Å². The third kappa shape index (κ3) is 3.94. The summed E-state index contributed by atoms with van der Waals surface area (Å²) in [7, 11) is 1.34. The number of nitrogens with zero attached hydrogens (tertiary/aromatic N) is 3. The van der Waals surface area contributed by atoms with Crippen LogP contribution in [0.5, 0.6) is 11.5 Å². The first-order chi connectivity index (χ1) is 15.0. The smallest absolute Gasteiger partial charge is 0.417 e. The van der Waals surface area contributed by atoms with Crippen molar-refractivity contribution in [3.05, 3.63) is 57.9 Å². The zero-order valence-electron chi connectivity index (χ0n) is 16.7. The summed E-state index contributed by atoms with van der Waals surface area (Å²) in [6.45, 7) is 1.47. The number of hydrogen-bond acceptors (Lipinski definition) is 7. The number of ether oxygens (including phenoxy) is 1. The highest BCUT2D eigenvalue weighted by Gasteiger charge is 2.36. The Balaban J connectivity index is 2.35. The summed E-state index contributed by atoms with van der Waals surface area (Å²) >= 11 is 0. The highest BCUT2D eigenvalue weighted by atomic mass is 19.4. The monoisotopic (exact) mass is 451 g/mol. The van der Waals surface area contributed by atoms with Crippen molar-refractivity contribution in [2.24, 2.45) is 7.05 Å². The van der Waals surface area contributed by atoms with Gasteiger partial charge < -0.3 is 19.5 Å². The summed E-state index contributed by atoms with van der Waals surface area (Å²) in [5.74, 6) is -2.70. The second kappa shape index (κ2) is 8.21. The molecule has 0 amide bonds. The Morgan fingerprint density at radius 1 is 1.28 bits per heavy atom. The summed E-state index contributed by atoms with van der Waals surface area (Å²) in [6, 6.07) is 3.87. The topological polar surface area (TPSA) is 128 Å². The van der Waals surface area contributed by atoms with Crippen molar-refractivity contribution in [1.82, 2.24) is 9.55 Å². The van der Waals surface area contributed by atoms with Gasteiger partial charge in [-0.3, -0.25) is 15.1 Å². The van der Waals surface area contributed by atoms with Gasteiger partial charge in [-0.15, -0.1) is 0 Å². The van der Waals surface area contributed by atoms with Gasteiger partial charge in [-0.25, -0.2) is 4.79 Å². The van der Waals surface area contributed by atoms with Crippen LogP contribution in [0.15, 0.2) is 36.7 Å². The molecule has 0 aliphatic rings. The van der Waals surface area contributed by atoms with Gasteiger partial charge in [0.05, 0.1) is 28.4 Å². The number of rotatable bonds is 5. The van der Waals surface area contributed by atoms with Crippen molar-refractivity contribution >= 4 is 11.7 Å². The largest absolute Gasteiger partial charge is 0.504 e. The van der Waals surface area contributed by atoms with Gasteiger partial charge in [0.1, 0.15) is 0 Å². The van der Waals surface area contributed by atoms with Crippen LogP contribution in [0.25, 0.3) is 22.5 Å². The molecule has 0 saturated heterocycles. The van der Waals surface area contributed by atoms with Gasteiger partial charge in [0.25, 0.3) is 0 Å². The molecule has 0 aliphatic carbocycles. The number of benzene rings is 1. The fourth-order valence-corrected chi connectivity index (χ4v) is 3.29. The molecular formula is C20H16F3N3O6. The van der Waals surface area contributed by atoms with Crippen molar-refractivity contribution in [3.63, 3.8) is 0 Å². The lowest BCUT2D eigenvalue weighted by Crippen LogP contribution is -2.11. The number of aromatic nitrogens is 2. The van der Waals surface area contributed by atoms with Crippen LogP contribution in [0.1, 0.15) is 22.8 Å². The van der Waals surface area contributed by atoms with Crippen LogP contribution in [-0.4, -0.2) is 37.3 Å². The van der Waals surface area contributed by atoms with Gasteiger partial charge in [-0.2, -0.15) is 13.2 Å². The number of phenols is 2. The first kappa shape index (κ1) is 22.6. The first-order valence-electron chi connectivity index (χ1n) is 9.06. The van der Waals surface area contributed by atoms with E-state index in [1.54, 1.807) is 0 Å². The third-order valence-electron chi connectivity index (χ3n) is 4.67. The molecule has 32 heavy (non-hydrogen) atoms. The van der Waals surface area contributed by atoms with Gasteiger partial charge >= 0.3 is 17.8 Å². The molecule has 3 rings (SSSR count). The normalized spacial score (nSPS) is 11.4. The summed E-state index contributed by atoms with van der Waals surface area (Å²) < 4.78 is 47.1. The Morgan fingerprint density at radius 2 is 1.97 bits per heavy atom. The number of hydrogen-bond donors (Lipinski definition) is 2. The van der Waals surface area contributed by atoms with Gasteiger partial charge in [0, 0.05) is 42.3 Å². The second-order valence-electron chi connectivity index (χ2n) is 6.61. The average Bonchev–Trinajstić information content (AvgIpc) is 3.06. The molecule has 2 N–H and O–H groups in total. The molecular weight excluding hydrogens is 435 g/mol. The van der Waals surface area contributed by atoms with E-state index in [9.17, 15) is 38.3 Å². The van der Waals surface area contributed by atoms with Crippen LogP contribution < -0.4 is 0 Å². The van der Waals surface area contributed by atoms with Crippen molar-refractivity contribution < 1.29 is 37.8 Å². The molecule has 3 aromatic rings. The minimum atomic E-state index is -4.76. The minimum absolute atomic E-state index is 0.0243. The summed E-state index contributed by atoms with van der Waals surface area (Å²) in [6.07, 6.45) is -2.85. The number of phenolic OH excluding ortho intramolecular Hbond substituents is 2. The van der Waals surface area contributed by atoms with Crippen LogP contribution >= 0.6 is 0 Å². The zero-order valence-corrected chi connectivity index (χ0v) is 16.7. The predicted octanol–water partition coefficient (Wildman–Crippen LogP) is 4.27. The number of nitro benzene ring substituents is 1. The molecule has 0 saturated carbocycles. The molecule has 0 fully saturated rings. The molecule has 2 aromatic heterocycles. The van der Waals surface area contributed by atoms with E-state index >= 15 is 0 Å². The van der Waals surface area contributed by atoms with E-state index < -0.39 is 45.4 Å². The Kier molecular flexibility index (Phi) is 5.80. The van der Waals surface area contributed by atoms with Crippen molar-refractivity contribution in [2.45, 2.75) is 13.1 Å². The molecule has 0 atom stereocenters. The highest BCUT2D eigenvalue weighted by molar-refractivity contribution is 5.99. The van der Waals surface area contributed by atoms with Crippen LogP contribution in [0, 0.1) is 10.1 Å². The number of nitro groups is 1. The maximum atomic E-state index is 13.6. The summed E-state index contributed by atoms with van der Waals surface area (Å²) in [5.41, 5.74) is -2.67. The minimum Gasteiger partial charge on any atom is -0.504 e. The summed E-state index contributed by atoms with van der Waals surface area (Å²) in [4.78, 5) is 26.6. The highest BCUT2D eigenvalue weighted by Crippen LogP contribution is 2.43. The predicted molar refractivity (Wildman–Crippen MR) is 105 cm³/mol. The zero-order chi connectivity index (χ0) is 23.8. The Labute approximate surface area is 178 Å². The molecule has 1 aromatic carbocycles. The Bertz CT molecular complexity index is 1220. The molecule has 0 radical (unpaired) electrons. The quantitative estimate of drug-likeness (QED) is 0.257. The number of alkyl halides is 3. The van der Waals surface area contributed by atoms with Crippen LogP contribution in [0.2, 0.25) is 0 Å². The van der Waals surface area contributed by atoms with Crippen molar-refractivity contribution in [3.8, 4) is 34.0 Å². The lowest BCUT2D eigenvalue weighted by Gasteiger charge is -2.15. The van der Waals surface area contributed by atoms with E-state index in [-0.39, 0.29) is 29.1 Å². The van der Waals surface area contributed by atoms with E-state index in [0.29, 0.717) is 0 Å². The number of halogens is 3. The van der Waals surface area contributed by atoms with E-state index in [4.69, 9.17) is 4.74 Å². The van der Waals surface area contributed by atoms with Crippen LogP contribution in [0.4, 0.5) is 18.9 Å². The fraction of sp³-hybridized carbons (Fsp3) is 0.200. The molecule has 168 valence electrons. The van der Waals surface area contributed by atoms with E-state index in [1.807, 2.05) is 0 Å². The van der Waals surface area contributed by atoms with Crippen LogP contribution in [0.3, 0.4) is 0 Å². The van der Waals surface area contributed by atoms with Gasteiger partial charge in [-0.1, -0.05) is 0 Å². The van der Waals surface area contributed by atoms with Gasteiger partial charge in [0.2, 0.25) is 5.75 Å². The van der Waals surface area contributed by atoms with Crippen LogP contribution in [-0.2, 0) is 18.0 Å². The average molecular weight is 451 g/mol. The van der Waals surface area contributed by atoms with E-state index in [2.05, 4.69) is 4.98 Å². The van der Waals surface area contributed by atoms with Gasteiger partial charge in [0.15, 0.2) is 5.75 Å². The maximum absolute atomic E-state index is 13.6. The molecule has 12 heteroatoms. The SMILES string of the molecule is CCOC(=O)c1cc(-c2cc(O)c(O)c([N+](=O)[O-])c2)n(C)c1-c1cnccc1C(F)(F)F. The lowest BCUT2D eigenvalue weighted by molar-refractivity contribution is -0.385. The van der Waals surface area contributed by atoms with E-state index in [0.717, 1.165) is 30.6 Å². The fourth-order valence-electron chi connectivity index (χ4n) is 3.29. The number of aromatic hydroxyl groups is 2. The Hall–Kier alpha value is -4.09. The number of carbonyl (C=O) groups excluding carboxylic acids is 1. The van der Waals surface area contributed by atoms with E-state index in [1.165, 1.54) is 24.6 Å². The maximum Gasteiger partial charge on any atom is 0.417 e. The standard InChI is InChI=1S/C20H16F3N3O6/c1-3-32-19(29)11-8-14(10-6-15(26(30)31)18(28)16(27)7-10)25(2)17(11)12-9-24-5-4-13(12)20(21,22)23/h4-9,27-28H,3H2,1-2H3. The number of carbonyl (C=O) groups is 1. The molecule has 9 nitrogen and oxygen atoms in total. The molecule has 0 unspecified atom stereocenters.